The molecule has 2 aromatic rings. The van der Waals surface area contributed by atoms with Crippen LogP contribution in [-0.2, 0) is 31.4 Å². The second kappa shape index (κ2) is 7.93. The van der Waals surface area contributed by atoms with Gasteiger partial charge in [-0.15, -0.1) is 4.40 Å². The van der Waals surface area contributed by atoms with Gasteiger partial charge in [-0.25, -0.2) is 25.9 Å². The molecule has 2 aliphatic heterocycles. The van der Waals surface area contributed by atoms with E-state index in [1.54, 1.807) is 30.3 Å². The maximum absolute atomic E-state index is 12.5. The summed E-state index contributed by atoms with van der Waals surface area (Å²) in [5.74, 6) is -0.619. The third-order valence-corrected chi connectivity index (χ3v) is 8.87. The maximum atomic E-state index is 12.5. The quantitative estimate of drug-likeness (QED) is 0.595. The molecule has 2 aliphatic rings. The summed E-state index contributed by atoms with van der Waals surface area (Å²) >= 11 is 1.19. The molecule has 0 aromatic heterocycles. The van der Waals surface area contributed by atoms with Crippen LogP contribution in [0.4, 0.5) is 5.69 Å². The van der Waals surface area contributed by atoms with Crippen LogP contribution < -0.4 is 4.90 Å². The lowest BCUT2D eigenvalue weighted by atomic mass is 10.2. The average molecular weight is 482 g/mol. The zero-order valence-electron chi connectivity index (χ0n) is 16.7. The Morgan fingerprint density at radius 2 is 2.00 bits per heavy atom. The molecule has 4 rings (SSSR count). The number of ether oxygens (including phenoxy) is 1. The Hall–Kier alpha value is -2.41. The van der Waals surface area contributed by atoms with Crippen molar-refractivity contribution in [2.75, 3.05) is 31.3 Å². The zero-order chi connectivity index (χ0) is 22.4. The minimum Gasteiger partial charge on any atom is -0.457 e. The second-order valence-electron chi connectivity index (χ2n) is 7.11. The molecular formula is C19H19N3O6S3. The molecule has 0 amide bonds. The Balaban J connectivity index is 1.48. The van der Waals surface area contributed by atoms with Crippen molar-refractivity contribution in [3.05, 3.63) is 53.6 Å². The number of fused-ring (bicyclic) bond motifs is 3. The van der Waals surface area contributed by atoms with E-state index >= 15 is 0 Å². The van der Waals surface area contributed by atoms with Gasteiger partial charge in [0.15, 0.2) is 5.17 Å². The number of amidine groups is 1. The summed E-state index contributed by atoms with van der Waals surface area (Å²) < 4.78 is 58.2. The number of benzene rings is 2. The summed E-state index contributed by atoms with van der Waals surface area (Å²) in [5, 5.41) is 0.380. The molecule has 0 aliphatic carbocycles. The van der Waals surface area contributed by atoms with Gasteiger partial charge in [0, 0.05) is 25.5 Å². The van der Waals surface area contributed by atoms with Crippen LogP contribution in [0.5, 0.6) is 0 Å². The maximum Gasteiger partial charge on any atom is 0.338 e. The van der Waals surface area contributed by atoms with Crippen molar-refractivity contribution in [1.82, 2.24) is 4.31 Å². The molecule has 0 saturated heterocycles. The smallest absolute Gasteiger partial charge is 0.338 e. The fourth-order valence-electron chi connectivity index (χ4n) is 3.10. The van der Waals surface area contributed by atoms with Crippen LogP contribution in [0.1, 0.15) is 15.9 Å². The number of thioether (sulfide) groups is 1. The highest BCUT2D eigenvalue weighted by atomic mass is 32.2. The van der Waals surface area contributed by atoms with Crippen molar-refractivity contribution in [2.45, 2.75) is 16.4 Å². The lowest BCUT2D eigenvalue weighted by Crippen LogP contribution is -2.35. The lowest BCUT2D eigenvalue weighted by Gasteiger charge is -2.22. The minimum atomic E-state index is -3.58. The summed E-state index contributed by atoms with van der Waals surface area (Å²) in [7, 11) is -4.14. The van der Waals surface area contributed by atoms with E-state index in [1.165, 1.54) is 38.0 Å². The first-order valence-corrected chi connectivity index (χ1v) is 13.0. The average Bonchev–Trinajstić information content (AvgIpc) is 3.07. The Bertz CT molecular complexity index is 1300. The molecule has 164 valence electrons. The van der Waals surface area contributed by atoms with Gasteiger partial charge in [-0.3, -0.25) is 0 Å². The van der Waals surface area contributed by atoms with Crippen LogP contribution >= 0.6 is 11.8 Å². The summed E-state index contributed by atoms with van der Waals surface area (Å²) in [6.07, 6.45) is 0. The van der Waals surface area contributed by atoms with Crippen molar-refractivity contribution in [2.24, 2.45) is 4.40 Å². The fraction of sp³-hybridized carbons (Fsp3) is 0.263. The molecule has 9 nitrogen and oxygen atoms in total. The Kier molecular flexibility index (Phi) is 5.58. The van der Waals surface area contributed by atoms with Crippen molar-refractivity contribution in [3.8, 4) is 0 Å². The second-order valence-corrected chi connectivity index (χ2v) is 12.0. The topological polar surface area (TPSA) is 113 Å². The fourth-order valence-corrected chi connectivity index (χ4v) is 6.36. The minimum absolute atomic E-state index is 0.0527. The van der Waals surface area contributed by atoms with Crippen LogP contribution in [0.2, 0.25) is 0 Å². The SMILES string of the molecule is CN(C)S(=O)(=O)c1cccc(COC(=O)c2ccc3c(c2)SC2=NS(=O)(=O)CCN23)c1. The number of nitrogens with zero attached hydrogens (tertiary/aromatic N) is 3. The summed E-state index contributed by atoms with van der Waals surface area (Å²) in [6.45, 7) is 0.230. The monoisotopic (exact) mass is 481 g/mol. The molecule has 2 aromatic carbocycles. The molecule has 0 radical (unpaired) electrons. The van der Waals surface area contributed by atoms with Gasteiger partial charge in [0.05, 0.1) is 21.9 Å². The van der Waals surface area contributed by atoms with Crippen molar-refractivity contribution < 1.29 is 26.4 Å². The molecule has 0 saturated carbocycles. The van der Waals surface area contributed by atoms with E-state index in [9.17, 15) is 21.6 Å². The first kappa shape index (κ1) is 21.8. The number of hydrogen-bond acceptors (Lipinski definition) is 8. The van der Waals surface area contributed by atoms with E-state index in [-0.39, 0.29) is 17.3 Å². The van der Waals surface area contributed by atoms with Crippen LogP contribution in [0.15, 0.2) is 56.7 Å². The third kappa shape index (κ3) is 4.33. The molecular weight excluding hydrogens is 462 g/mol. The highest BCUT2D eigenvalue weighted by Crippen LogP contribution is 2.42. The van der Waals surface area contributed by atoms with Crippen molar-refractivity contribution in [3.63, 3.8) is 0 Å². The van der Waals surface area contributed by atoms with Crippen LogP contribution in [0, 0.1) is 0 Å². The first-order chi connectivity index (χ1) is 14.6. The van der Waals surface area contributed by atoms with Gasteiger partial charge >= 0.3 is 5.97 Å². The molecule has 0 N–H and O–H groups in total. The van der Waals surface area contributed by atoms with E-state index in [0.717, 1.165) is 14.9 Å². The van der Waals surface area contributed by atoms with Gasteiger partial charge in [-0.2, -0.15) is 0 Å². The predicted octanol–water partition coefficient (Wildman–Crippen LogP) is 1.91. The standard InChI is InChI=1S/C19H19N3O6S3/c1-21(2)31(26,27)15-5-3-4-13(10-15)12-28-18(23)14-6-7-16-17(11-14)29-19-20-30(24,25)9-8-22(16)19/h3-7,10-11H,8-9,12H2,1-2H3. The highest BCUT2D eigenvalue weighted by Gasteiger charge is 2.33. The normalized spacial score (nSPS) is 17.1. The van der Waals surface area contributed by atoms with Gasteiger partial charge in [0.1, 0.15) is 6.61 Å². The van der Waals surface area contributed by atoms with Gasteiger partial charge < -0.3 is 9.64 Å². The van der Waals surface area contributed by atoms with E-state index < -0.39 is 26.0 Å². The number of sulfonamides is 2. The van der Waals surface area contributed by atoms with Gasteiger partial charge in [0.25, 0.3) is 10.0 Å². The van der Waals surface area contributed by atoms with Crippen molar-refractivity contribution >= 4 is 48.6 Å². The Morgan fingerprint density at radius 1 is 1.23 bits per heavy atom. The predicted molar refractivity (Wildman–Crippen MR) is 117 cm³/mol. The summed E-state index contributed by atoms with van der Waals surface area (Å²) in [6, 6.07) is 11.2. The molecule has 12 heteroatoms. The number of esters is 1. The number of carbonyl (C=O) groups excluding carboxylic acids is 1. The van der Waals surface area contributed by atoms with Crippen LogP contribution in [0.25, 0.3) is 0 Å². The highest BCUT2D eigenvalue weighted by molar-refractivity contribution is 8.15. The molecule has 31 heavy (non-hydrogen) atoms. The molecule has 0 spiro atoms. The molecule has 0 unspecified atom stereocenters. The number of anilines is 1. The Labute approximate surface area is 184 Å². The number of hydrogen-bond donors (Lipinski definition) is 0. The number of rotatable bonds is 5. The summed E-state index contributed by atoms with van der Waals surface area (Å²) in [4.78, 5) is 15.2. The van der Waals surface area contributed by atoms with Gasteiger partial charge in [-0.1, -0.05) is 12.1 Å². The molecule has 2 heterocycles. The third-order valence-electron chi connectivity index (χ3n) is 4.76. The largest absolute Gasteiger partial charge is 0.457 e. The molecule has 0 fully saturated rings. The van der Waals surface area contributed by atoms with E-state index in [0.29, 0.717) is 22.8 Å². The zero-order valence-corrected chi connectivity index (χ0v) is 19.1. The lowest BCUT2D eigenvalue weighted by molar-refractivity contribution is 0.0472. The Morgan fingerprint density at radius 3 is 2.74 bits per heavy atom. The molecule has 0 atom stereocenters. The van der Waals surface area contributed by atoms with E-state index in [2.05, 4.69) is 4.40 Å². The van der Waals surface area contributed by atoms with E-state index in [4.69, 9.17) is 4.74 Å². The van der Waals surface area contributed by atoms with Crippen LogP contribution in [0.3, 0.4) is 0 Å². The van der Waals surface area contributed by atoms with Crippen molar-refractivity contribution in [1.29, 1.82) is 0 Å². The molecule has 0 bridgehead atoms. The van der Waals surface area contributed by atoms with Gasteiger partial charge in [0.2, 0.25) is 10.0 Å². The number of carbonyl (C=O) groups is 1. The van der Waals surface area contributed by atoms with Crippen LogP contribution in [-0.4, -0.2) is 58.7 Å². The first-order valence-electron chi connectivity index (χ1n) is 9.17. The summed E-state index contributed by atoms with van der Waals surface area (Å²) in [5.41, 5.74) is 1.66. The van der Waals surface area contributed by atoms with Gasteiger partial charge in [-0.05, 0) is 47.7 Å². The van der Waals surface area contributed by atoms with E-state index in [1.807, 2.05) is 4.90 Å².